The molecule has 1 atom stereocenters. The molecule has 0 spiro atoms. The Morgan fingerprint density at radius 2 is 1.88 bits per heavy atom. The zero-order valence-electron chi connectivity index (χ0n) is 17.5. The van der Waals surface area contributed by atoms with E-state index in [1.54, 1.807) is 31.2 Å². The lowest BCUT2D eigenvalue weighted by molar-refractivity contribution is -0.136. The minimum atomic E-state index is -3.55. The molecule has 0 saturated carbocycles. The quantitative estimate of drug-likeness (QED) is 0.397. The van der Waals surface area contributed by atoms with Gasteiger partial charge in [0.05, 0.1) is 17.9 Å². The normalized spacial score (nSPS) is 12.2. The van der Waals surface area contributed by atoms with E-state index in [2.05, 4.69) is 26.4 Å². The first-order valence-corrected chi connectivity index (χ1v) is 12.4. The largest absolute Gasteiger partial charge is 0.481 e. The Balaban J connectivity index is 1.65. The topological polar surface area (TPSA) is 136 Å². The maximum Gasteiger partial charge on any atom is 0.412 e. The van der Waals surface area contributed by atoms with Crippen molar-refractivity contribution in [3.63, 3.8) is 0 Å². The molecule has 0 fully saturated rings. The van der Waals surface area contributed by atoms with Crippen LogP contribution in [-0.4, -0.2) is 36.5 Å². The highest BCUT2D eigenvalue weighted by molar-refractivity contribution is 9.10. The molecule has 0 aliphatic heterocycles. The van der Waals surface area contributed by atoms with Crippen LogP contribution in [0.2, 0.25) is 0 Å². The van der Waals surface area contributed by atoms with Gasteiger partial charge in [-0.05, 0) is 18.6 Å². The predicted molar refractivity (Wildman–Crippen MR) is 124 cm³/mol. The molecule has 1 aromatic heterocycles. The first kappa shape index (κ1) is 24.5. The average molecular weight is 537 g/mol. The lowest BCUT2D eigenvalue weighted by Gasteiger charge is -2.15. The number of anilines is 1. The number of nitrogens with zero attached hydrogens (tertiary/aromatic N) is 1. The van der Waals surface area contributed by atoms with Crippen LogP contribution in [0.5, 0.6) is 0 Å². The van der Waals surface area contributed by atoms with Crippen LogP contribution < -0.4 is 5.32 Å². The van der Waals surface area contributed by atoms with Crippen LogP contribution in [0.4, 0.5) is 10.5 Å². The van der Waals surface area contributed by atoms with Crippen LogP contribution in [0.25, 0.3) is 11.3 Å². The number of nitrogens with one attached hydrogen (secondary N) is 1. The standard InChI is InChI=1S/C22H21BrN2O7S/c1-14(17-4-2-3-5-18(17)23)32-22(28)24-19-12-31-25-21(19)16-8-6-15(7-9-16)13-33(29,30)11-10-20(26)27/h2-9,12,14H,10-11,13H2,1H3,(H,24,28)(H,26,27)/t14-/m1/s1. The minimum Gasteiger partial charge on any atom is -0.481 e. The van der Waals surface area contributed by atoms with Crippen LogP contribution >= 0.6 is 15.9 Å². The number of aliphatic carboxylic acids is 1. The number of hydrogen-bond donors (Lipinski definition) is 2. The zero-order chi connectivity index (χ0) is 24.0. The molecule has 0 bridgehead atoms. The van der Waals surface area contributed by atoms with Gasteiger partial charge in [-0.15, -0.1) is 0 Å². The van der Waals surface area contributed by atoms with Crippen molar-refractivity contribution in [3.8, 4) is 11.3 Å². The molecule has 1 amide bonds. The lowest BCUT2D eigenvalue weighted by Crippen LogP contribution is -2.16. The second-order valence-corrected chi connectivity index (χ2v) is 10.2. The summed E-state index contributed by atoms with van der Waals surface area (Å²) in [6.45, 7) is 1.75. The Labute approximate surface area is 198 Å². The molecule has 1 heterocycles. The molecular weight excluding hydrogens is 516 g/mol. The number of halogens is 1. The summed E-state index contributed by atoms with van der Waals surface area (Å²) in [6, 6.07) is 13.9. The molecule has 0 saturated heterocycles. The molecular formula is C22H21BrN2O7S. The molecule has 9 nitrogen and oxygen atoms in total. The average Bonchev–Trinajstić information content (AvgIpc) is 3.20. The van der Waals surface area contributed by atoms with Crippen molar-refractivity contribution < 1.29 is 32.4 Å². The number of carboxylic acids is 1. The number of ether oxygens (including phenoxy) is 1. The molecule has 0 aliphatic carbocycles. The van der Waals surface area contributed by atoms with Gasteiger partial charge in [0, 0.05) is 15.6 Å². The van der Waals surface area contributed by atoms with Gasteiger partial charge in [-0.2, -0.15) is 0 Å². The van der Waals surface area contributed by atoms with E-state index >= 15 is 0 Å². The van der Waals surface area contributed by atoms with E-state index in [1.807, 2.05) is 24.3 Å². The first-order chi connectivity index (χ1) is 15.6. The summed E-state index contributed by atoms with van der Waals surface area (Å²) in [7, 11) is -3.55. The van der Waals surface area contributed by atoms with Crippen LogP contribution in [0.15, 0.2) is 63.8 Å². The molecule has 0 aliphatic rings. The van der Waals surface area contributed by atoms with Crippen molar-refractivity contribution in [1.82, 2.24) is 5.16 Å². The maximum atomic E-state index is 12.4. The third-order valence-corrected chi connectivity index (χ3v) is 7.00. The van der Waals surface area contributed by atoms with Gasteiger partial charge in [0.25, 0.3) is 0 Å². The molecule has 3 aromatic rings. The summed E-state index contributed by atoms with van der Waals surface area (Å²) >= 11 is 3.43. The van der Waals surface area contributed by atoms with Crippen molar-refractivity contribution in [2.45, 2.75) is 25.2 Å². The molecule has 174 valence electrons. The van der Waals surface area contributed by atoms with Crippen LogP contribution in [0, 0.1) is 0 Å². The molecule has 33 heavy (non-hydrogen) atoms. The number of sulfone groups is 1. The Hall–Kier alpha value is -3.18. The number of amides is 1. The van der Waals surface area contributed by atoms with Crippen molar-refractivity contribution in [1.29, 1.82) is 0 Å². The fraction of sp³-hybridized carbons (Fsp3) is 0.227. The Morgan fingerprint density at radius 1 is 1.18 bits per heavy atom. The minimum absolute atomic E-state index is 0.274. The van der Waals surface area contributed by atoms with Gasteiger partial charge < -0.3 is 14.4 Å². The summed E-state index contributed by atoms with van der Waals surface area (Å²) in [5.74, 6) is -1.87. The number of aromatic nitrogens is 1. The number of carboxylic acid groups (broad SMARTS) is 1. The predicted octanol–water partition coefficient (Wildman–Crippen LogP) is 4.80. The fourth-order valence-electron chi connectivity index (χ4n) is 3.03. The van der Waals surface area contributed by atoms with Gasteiger partial charge in [-0.3, -0.25) is 10.1 Å². The van der Waals surface area contributed by atoms with Gasteiger partial charge in [-0.25, -0.2) is 13.2 Å². The smallest absolute Gasteiger partial charge is 0.412 e. The van der Waals surface area contributed by atoms with Gasteiger partial charge >= 0.3 is 12.1 Å². The van der Waals surface area contributed by atoms with Gasteiger partial charge in [-0.1, -0.05) is 63.6 Å². The lowest BCUT2D eigenvalue weighted by atomic mass is 10.1. The molecule has 3 rings (SSSR count). The summed E-state index contributed by atoms with van der Waals surface area (Å²) in [4.78, 5) is 23.0. The van der Waals surface area contributed by atoms with Crippen LogP contribution in [0.3, 0.4) is 0 Å². The Morgan fingerprint density at radius 3 is 2.55 bits per heavy atom. The SMILES string of the molecule is C[C@@H](OC(=O)Nc1conc1-c1ccc(CS(=O)(=O)CCC(=O)O)cc1)c1ccccc1Br. The van der Waals surface area contributed by atoms with Gasteiger partial charge in [0.2, 0.25) is 0 Å². The molecule has 0 radical (unpaired) electrons. The van der Waals surface area contributed by atoms with E-state index in [0.717, 1.165) is 10.0 Å². The van der Waals surface area contributed by atoms with Gasteiger partial charge in [0.15, 0.2) is 9.84 Å². The highest BCUT2D eigenvalue weighted by Gasteiger charge is 2.19. The zero-order valence-corrected chi connectivity index (χ0v) is 19.9. The van der Waals surface area contributed by atoms with E-state index < -0.39 is 40.2 Å². The summed E-state index contributed by atoms with van der Waals surface area (Å²) < 4.78 is 35.4. The number of benzene rings is 2. The highest BCUT2D eigenvalue weighted by atomic mass is 79.9. The summed E-state index contributed by atoms with van der Waals surface area (Å²) in [6.07, 6.45) is -0.371. The van der Waals surface area contributed by atoms with Crippen molar-refractivity contribution in [2.24, 2.45) is 0 Å². The third-order valence-electron chi connectivity index (χ3n) is 4.67. The number of rotatable bonds is 9. The van der Waals surface area contributed by atoms with E-state index in [0.29, 0.717) is 22.5 Å². The van der Waals surface area contributed by atoms with E-state index in [9.17, 15) is 18.0 Å². The van der Waals surface area contributed by atoms with Crippen molar-refractivity contribution in [3.05, 3.63) is 70.4 Å². The summed E-state index contributed by atoms with van der Waals surface area (Å²) in [5, 5.41) is 15.2. The second-order valence-electron chi connectivity index (χ2n) is 7.20. The first-order valence-electron chi connectivity index (χ1n) is 9.82. The Bertz CT molecular complexity index is 1240. The fourth-order valence-corrected chi connectivity index (χ4v) is 4.97. The van der Waals surface area contributed by atoms with Crippen LogP contribution in [0.1, 0.15) is 30.6 Å². The van der Waals surface area contributed by atoms with Crippen molar-refractivity contribution in [2.75, 3.05) is 11.1 Å². The molecule has 2 N–H and O–H groups in total. The Kier molecular flexibility index (Phi) is 7.88. The monoisotopic (exact) mass is 536 g/mol. The van der Waals surface area contributed by atoms with E-state index in [1.165, 1.54) is 6.26 Å². The second kappa shape index (κ2) is 10.6. The van der Waals surface area contributed by atoms with E-state index in [4.69, 9.17) is 14.4 Å². The highest BCUT2D eigenvalue weighted by Crippen LogP contribution is 2.29. The number of carbonyl (C=O) groups excluding carboxylic acids is 1. The maximum absolute atomic E-state index is 12.4. The van der Waals surface area contributed by atoms with Gasteiger partial charge in [0.1, 0.15) is 23.7 Å². The van der Waals surface area contributed by atoms with Crippen LogP contribution in [-0.2, 0) is 25.1 Å². The summed E-state index contributed by atoms with van der Waals surface area (Å²) in [5.41, 5.74) is 2.54. The number of hydrogen-bond acceptors (Lipinski definition) is 7. The third kappa shape index (κ3) is 6.90. The molecule has 0 unspecified atom stereocenters. The molecule has 2 aromatic carbocycles. The van der Waals surface area contributed by atoms with Crippen molar-refractivity contribution >= 4 is 43.5 Å². The number of carbonyl (C=O) groups is 2. The molecule has 11 heteroatoms. The van der Waals surface area contributed by atoms with E-state index in [-0.39, 0.29) is 5.75 Å².